The molecule has 0 saturated carbocycles. The highest BCUT2D eigenvalue weighted by Crippen LogP contribution is 2.42. The van der Waals surface area contributed by atoms with E-state index in [4.69, 9.17) is 9.15 Å². The second-order valence-corrected chi connectivity index (χ2v) is 6.08. The molecule has 0 spiro atoms. The van der Waals surface area contributed by atoms with Crippen molar-refractivity contribution in [1.82, 2.24) is 15.1 Å². The Kier molecular flexibility index (Phi) is 4.21. The number of aromatic amines is 1. The number of nitrogens with zero attached hydrogens (tertiary/aromatic N) is 3. The number of aromatic nitrogens is 2. The van der Waals surface area contributed by atoms with Gasteiger partial charge in [0.1, 0.15) is 5.69 Å². The minimum atomic E-state index is -0.455. The number of rotatable bonds is 6. The molecule has 0 radical (unpaired) electrons. The molecule has 27 heavy (non-hydrogen) atoms. The normalized spacial score (nSPS) is 16.0. The summed E-state index contributed by atoms with van der Waals surface area (Å²) >= 11 is 0. The molecule has 9 heteroatoms. The van der Waals surface area contributed by atoms with Crippen molar-refractivity contribution in [3.05, 3.63) is 69.6 Å². The van der Waals surface area contributed by atoms with Crippen LogP contribution in [-0.2, 0) is 4.74 Å². The number of furan rings is 1. The van der Waals surface area contributed by atoms with Crippen LogP contribution in [0.15, 0.2) is 47.1 Å². The van der Waals surface area contributed by atoms with Crippen LogP contribution >= 0.6 is 0 Å². The molecule has 1 aliphatic rings. The summed E-state index contributed by atoms with van der Waals surface area (Å²) < 4.78 is 10.6. The number of methoxy groups -OCH3 is 1. The first-order chi connectivity index (χ1) is 13.1. The molecule has 2 aromatic heterocycles. The molecule has 0 bridgehead atoms. The molecule has 0 saturated heterocycles. The second-order valence-electron chi connectivity index (χ2n) is 6.08. The highest BCUT2D eigenvalue weighted by atomic mass is 16.6. The number of hydrogen-bond acceptors (Lipinski definition) is 6. The van der Waals surface area contributed by atoms with Crippen molar-refractivity contribution >= 4 is 11.6 Å². The number of benzene rings is 1. The van der Waals surface area contributed by atoms with Gasteiger partial charge in [0.2, 0.25) is 0 Å². The van der Waals surface area contributed by atoms with Gasteiger partial charge in [0, 0.05) is 31.4 Å². The fourth-order valence-corrected chi connectivity index (χ4v) is 3.34. The van der Waals surface area contributed by atoms with E-state index < -0.39 is 11.0 Å². The molecule has 9 nitrogen and oxygen atoms in total. The fraction of sp³-hybridized carbons (Fsp3) is 0.222. The van der Waals surface area contributed by atoms with Gasteiger partial charge in [0.25, 0.3) is 11.6 Å². The number of fused-ring (bicyclic) bond motifs is 1. The maximum absolute atomic E-state index is 12.9. The Morgan fingerprint density at radius 3 is 2.74 bits per heavy atom. The highest BCUT2D eigenvalue weighted by molar-refractivity contribution is 5.99. The van der Waals surface area contributed by atoms with E-state index in [9.17, 15) is 14.9 Å². The molecule has 1 aromatic carbocycles. The number of amides is 1. The maximum atomic E-state index is 12.9. The summed E-state index contributed by atoms with van der Waals surface area (Å²) in [7, 11) is 1.56. The Hall–Kier alpha value is -3.46. The molecular weight excluding hydrogens is 352 g/mol. The summed E-state index contributed by atoms with van der Waals surface area (Å²) in [4.78, 5) is 25.0. The number of carbonyl (C=O) groups excluding carboxylic acids is 1. The van der Waals surface area contributed by atoms with Crippen molar-refractivity contribution in [2.45, 2.75) is 6.04 Å². The number of nitro benzene ring substituents is 1. The summed E-state index contributed by atoms with van der Waals surface area (Å²) in [6.07, 6.45) is 1.54. The molecule has 3 heterocycles. The van der Waals surface area contributed by atoms with Gasteiger partial charge in [-0.25, -0.2) is 0 Å². The zero-order chi connectivity index (χ0) is 19.0. The lowest BCUT2D eigenvalue weighted by molar-refractivity contribution is -0.384. The van der Waals surface area contributed by atoms with Gasteiger partial charge in [-0.1, -0.05) is 0 Å². The average molecular weight is 368 g/mol. The Labute approximate surface area is 153 Å². The molecule has 1 unspecified atom stereocenters. The summed E-state index contributed by atoms with van der Waals surface area (Å²) in [5, 5.41) is 18.0. The predicted molar refractivity (Wildman–Crippen MR) is 94.1 cm³/mol. The highest BCUT2D eigenvalue weighted by Gasteiger charge is 2.42. The molecule has 4 rings (SSSR count). The van der Waals surface area contributed by atoms with Crippen LogP contribution in [0.1, 0.15) is 27.7 Å². The van der Waals surface area contributed by atoms with E-state index in [2.05, 4.69) is 10.2 Å². The van der Waals surface area contributed by atoms with Crippen LogP contribution in [0, 0.1) is 10.1 Å². The molecular formula is C18H16N4O5. The van der Waals surface area contributed by atoms with Crippen LogP contribution in [0.4, 0.5) is 5.69 Å². The van der Waals surface area contributed by atoms with E-state index in [-0.39, 0.29) is 11.6 Å². The lowest BCUT2D eigenvalue weighted by Gasteiger charge is -2.25. The largest absolute Gasteiger partial charge is 0.463 e. The summed E-state index contributed by atoms with van der Waals surface area (Å²) in [5.41, 5.74) is 2.37. The third kappa shape index (κ3) is 2.77. The zero-order valence-electron chi connectivity index (χ0n) is 14.4. The number of carbonyl (C=O) groups is 1. The topological polar surface area (TPSA) is 114 Å². The second kappa shape index (κ2) is 6.69. The smallest absolute Gasteiger partial charge is 0.275 e. The number of H-pyrrole nitrogens is 1. The molecule has 1 aliphatic heterocycles. The Morgan fingerprint density at radius 1 is 1.33 bits per heavy atom. The third-order valence-electron chi connectivity index (χ3n) is 4.58. The Morgan fingerprint density at radius 2 is 2.11 bits per heavy atom. The molecule has 138 valence electrons. The quantitative estimate of drug-likeness (QED) is 0.528. The molecule has 1 N–H and O–H groups in total. The van der Waals surface area contributed by atoms with E-state index in [0.717, 1.165) is 5.56 Å². The molecule has 3 aromatic rings. The van der Waals surface area contributed by atoms with Crippen molar-refractivity contribution < 1.29 is 18.9 Å². The number of nitro groups is 1. The SMILES string of the molecule is COCCN1C(=O)c2n[nH]c(-c3ccco3)c2C1c1ccc([N+](=O)[O-])cc1. The number of ether oxygens (including phenoxy) is 1. The molecule has 0 fully saturated rings. The van der Waals surface area contributed by atoms with Gasteiger partial charge in [0.15, 0.2) is 11.5 Å². The van der Waals surface area contributed by atoms with Gasteiger partial charge in [-0.3, -0.25) is 20.0 Å². The third-order valence-corrected chi connectivity index (χ3v) is 4.58. The predicted octanol–water partition coefficient (Wildman–Crippen LogP) is 2.77. The molecule has 0 aliphatic carbocycles. The van der Waals surface area contributed by atoms with Crippen LogP contribution in [0.5, 0.6) is 0 Å². The van der Waals surface area contributed by atoms with E-state index in [1.54, 1.807) is 42.5 Å². The van der Waals surface area contributed by atoms with Gasteiger partial charge in [-0.15, -0.1) is 0 Å². The van der Waals surface area contributed by atoms with Crippen molar-refractivity contribution in [1.29, 1.82) is 0 Å². The van der Waals surface area contributed by atoms with Crippen molar-refractivity contribution in [2.24, 2.45) is 0 Å². The first-order valence-electron chi connectivity index (χ1n) is 8.28. The van der Waals surface area contributed by atoms with Gasteiger partial charge >= 0.3 is 0 Å². The Bertz CT molecular complexity index is 978. The number of hydrogen-bond donors (Lipinski definition) is 1. The van der Waals surface area contributed by atoms with Crippen LogP contribution < -0.4 is 0 Å². The Balaban J connectivity index is 1.82. The average Bonchev–Trinajstić information content (AvgIpc) is 3.38. The maximum Gasteiger partial charge on any atom is 0.275 e. The van der Waals surface area contributed by atoms with Crippen molar-refractivity contribution in [3.8, 4) is 11.5 Å². The van der Waals surface area contributed by atoms with E-state index in [0.29, 0.717) is 35.9 Å². The molecule has 1 amide bonds. The lowest BCUT2D eigenvalue weighted by atomic mass is 9.98. The number of nitrogens with one attached hydrogen (secondary N) is 1. The van der Waals surface area contributed by atoms with Gasteiger partial charge < -0.3 is 14.1 Å². The summed E-state index contributed by atoms with van der Waals surface area (Å²) in [6.45, 7) is 0.726. The summed E-state index contributed by atoms with van der Waals surface area (Å²) in [5.74, 6) is 0.344. The van der Waals surface area contributed by atoms with Gasteiger partial charge in [0.05, 0.1) is 23.8 Å². The van der Waals surface area contributed by atoms with E-state index in [1.165, 1.54) is 12.1 Å². The van der Waals surface area contributed by atoms with Crippen LogP contribution in [0.2, 0.25) is 0 Å². The minimum absolute atomic E-state index is 0.00908. The van der Waals surface area contributed by atoms with Crippen LogP contribution in [0.25, 0.3) is 11.5 Å². The fourth-order valence-electron chi connectivity index (χ4n) is 3.34. The van der Waals surface area contributed by atoms with E-state index in [1.807, 2.05) is 0 Å². The van der Waals surface area contributed by atoms with Crippen LogP contribution in [0.3, 0.4) is 0 Å². The molecule has 1 atom stereocenters. The van der Waals surface area contributed by atoms with Crippen LogP contribution in [-0.4, -0.2) is 46.2 Å². The summed E-state index contributed by atoms with van der Waals surface area (Å²) in [6, 6.07) is 9.26. The zero-order valence-corrected chi connectivity index (χ0v) is 14.4. The lowest BCUT2D eigenvalue weighted by Crippen LogP contribution is -2.32. The number of non-ortho nitro benzene ring substituents is 1. The van der Waals surface area contributed by atoms with Gasteiger partial charge in [-0.05, 0) is 29.8 Å². The van der Waals surface area contributed by atoms with Crippen molar-refractivity contribution in [3.63, 3.8) is 0 Å². The minimum Gasteiger partial charge on any atom is -0.463 e. The monoisotopic (exact) mass is 368 g/mol. The first-order valence-corrected chi connectivity index (χ1v) is 8.28. The first kappa shape index (κ1) is 17.0. The van der Waals surface area contributed by atoms with Gasteiger partial charge in [-0.2, -0.15) is 5.10 Å². The van der Waals surface area contributed by atoms with Crippen molar-refractivity contribution in [2.75, 3.05) is 20.3 Å². The standard InChI is InChI=1S/C18H16N4O5/c1-26-10-8-21-17(11-4-6-12(7-5-11)22(24)25)14-15(13-3-2-9-27-13)19-20-16(14)18(21)23/h2-7,9,17H,8,10H2,1H3,(H,19,20). The van der Waals surface area contributed by atoms with E-state index >= 15 is 0 Å².